The average Bonchev–Trinajstić information content (AvgIpc) is 2.49. The molecular weight excluding hydrogens is 244 g/mol. The molecule has 1 nitrogen and oxygen atoms in total. The van der Waals surface area contributed by atoms with Crippen molar-refractivity contribution in [2.45, 2.75) is 45.4 Å². The van der Waals surface area contributed by atoms with Crippen molar-refractivity contribution in [3.8, 4) is 0 Å². The molecular formula is C19H26O. The third kappa shape index (κ3) is 6.51. The number of allylic oxidation sites excluding steroid dienone is 2. The Morgan fingerprint density at radius 1 is 1.10 bits per heavy atom. The average molecular weight is 270 g/mol. The van der Waals surface area contributed by atoms with Crippen molar-refractivity contribution >= 4 is 12.4 Å². The highest BCUT2D eigenvalue weighted by molar-refractivity contribution is 5.75. The van der Waals surface area contributed by atoms with Gasteiger partial charge >= 0.3 is 0 Å². The summed E-state index contributed by atoms with van der Waals surface area (Å²) in [7, 11) is 0. The van der Waals surface area contributed by atoms with Gasteiger partial charge in [0.1, 0.15) is 6.29 Å². The summed E-state index contributed by atoms with van der Waals surface area (Å²) in [4.78, 5) is 10.6. The molecule has 20 heavy (non-hydrogen) atoms. The van der Waals surface area contributed by atoms with Crippen LogP contribution in [0.2, 0.25) is 0 Å². The standard InChI is InChI=1S/C19H26O/c1-3-5-6-7-9-17(8-4-2)10-11-18-12-14-19(16-20)15-13-18/h4,10-17H,2-3,5-9H2,1H3/b11-10+. The smallest absolute Gasteiger partial charge is 0.150 e. The molecule has 0 fully saturated rings. The summed E-state index contributed by atoms with van der Waals surface area (Å²) in [5.74, 6) is 0.579. The molecule has 0 N–H and O–H groups in total. The molecule has 0 aliphatic heterocycles. The van der Waals surface area contributed by atoms with Gasteiger partial charge < -0.3 is 0 Å². The van der Waals surface area contributed by atoms with Crippen LogP contribution in [0.15, 0.2) is 43.0 Å². The van der Waals surface area contributed by atoms with Crippen molar-refractivity contribution in [1.82, 2.24) is 0 Å². The predicted molar refractivity (Wildman–Crippen MR) is 87.9 cm³/mol. The van der Waals surface area contributed by atoms with Crippen LogP contribution in [0.25, 0.3) is 6.08 Å². The Labute approximate surface area is 123 Å². The molecule has 0 aliphatic rings. The molecule has 0 heterocycles. The molecule has 0 saturated carbocycles. The van der Waals surface area contributed by atoms with Crippen molar-refractivity contribution in [1.29, 1.82) is 0 Å². The molecule has 0 spiro atoms. The SMILES string of the molecule is C=CCC(/C=C/c1ccc(C=O)cc1)CCCCCC. The molecule has 0 bridgehead atoms. The zero-order chi connectivity index (χ0) is 14.6. The Morgan fingerprint density at radius 2 is 1.80 bits per heavy atom. The second-order valence-corrected chi connectivity index (χ2v) is 5.28. The molecule has 0 radical (unpaired) electrons. The minimum absolute atomic E-state index is 0.579. The number of unbranched alkanes of at least 4 members (excludes halogenated alkanes) is 3. The van der Waals surface area contributed by atoms with Crippen LogP contribution in [-0.2, 0) is 0 Å². The van der Waals surface area contributed by atoms with E-state index in [1.165, 1.54) is 32.1 Å². The molecule has 1 aromatic carbocycles. The van der Waals surface area contributed by atoms with Crippen LogP contribution < -0.4 is 0 Å². The Balaban J connectivity index is 2.51. The molecule has 0 aliphatic carbocycles. The summed E-state index contributed by atoms with van der Waals surface area (Å²) < 4.78 is 0. The third-order valence-electron chi connectivity index (χ3n) is 3.53. The Hall–Kier alpha value is -1.63. The summed E-state index contributed by atoms with van der Waals surface area (Å²) in [6.45, 7) is 6.09. The first kappa shape index (κ1) is 16.4. The van der Waals surface area contributed by atoms with E-state index in [9.17, 15) is 4.79 Å². The maximum atomic E-state index is 10.6. The Kier molecular flexibility index (Phi) is 8.37. The van der Waals surface area contributed by atoms with Gasteiger partial charge in [0.05, 0.1) is 0 Å². The summed E-state index contributed by atoms with van der Waals surface area (Å²) in [6, 6.07) is 7.69. The first-order valence-electron chi connectivity index (χ1n) is 7.64. The van der Waals surface area contributed by atoms with Crippen molar-refractivity contribution in [2.75, 3.05) is 0 Å². The number of aldehydes is 1. The van der Waals surface area contributed by atoms with Crippen LogP contribution in [-0.4, -0.2) is 6.29 Å². The molecule has 1 aromatic rings. The van der Waals surface area contributed by atoms with Gasteiger partial charge in [0, 0.05) is 5.56 Å². The number of hydrogen-bond acceptors (Lipinski definition) is 1. The van der Waals surface area contributed by atoms with E-state index in [4.69, 9.17) is 0 Å². The number of carbonyl (C=O) groups is 1. The second-order valence-electron chi connectivity index (χ2n) is 5.28. The van der Waals surface area contributed by atoms with Gasteiger partial charge in [-0.05, 0) is 24.3 Å². The van der Waals surface area contributed by atoms with Crippen LogP contribution in [0.1, 0.15) is 61.4 Å². The first-order valence-corrected chi connectivity index (χ1v) is 7.64. The van der Waals surface area contributed by atoms with E-state index < -0.39 is 0 Å². The largest absolute Gasteiger partial charge is 0.298 e. The molecule has 0 saturated heterocycles. The summed E-state index contributed by atoms with van der Waals surface area (Å²) in [6.07, 6.45) is 14.8. The summed E-state index contributed by atoms with van der Waals surface area (Å²) >= 11 is 0. The molecule has 0 aromatic heterocycles. The van der Waals surface area contributed by atoms with Crippen LogP contribution in [0.3, 0.4) is 0 Å². The summed E-state index contributed by atoms with van der Waals surface area (Å²) in [5, 5.41) is 0. The van der Waals surface area contributed by atoms with Crippen LogP contribution in [0, 0.1) is 5.92 Å². The maximum Gasteiger partial charge on any atom is 0.150 e. The van der Waals surface area contributed by atoms with Crippen LogP contribution in [0.5, 0.6) is 0 Å². The predicted octanol–water partition coefficient (Wildman–Crippen LogP) is 5.68. The van der Waals surface area contributed by atoms with Crippen molar-refractivity contribution in [3.63, 3.8) is 0 Å². The van der Waals surface area contributed by atoms with Gasteiger partial charge in [-0.15, -0.1) is 6.58 Å². The van der Waals surface area contributed by atoms with Gasteiger partial charge in [0.2, 0.25) is 0 Å². The van der Waals surface area contributed by atoms with Crippen LogP contribution >= 0.6 is 0 Å². The van der Waals surface area contributed by atoms with Crippen LogP contribution in [0.4, 0.5) is 0 Å². The summed E-state index contributed by atoms with van der Waals surface area (Å²) in [5.41, 5.74) is 1.88. The lowest BCUT2D eigenvalue weighted by atomic mass is 9.96. The Bertz CT molecular complexity index is 414. The first-order chi connectivity index (χ1) is 9.80. The minimum atomic E-state index is 0.579. The molecule has 1 rings (SSSR count). The third-order valence-corrected chi connectivity index (χ3v) is 3.53. The fourth-order valence-corrected chi connectivity index (χ4v) is 2.27. The van der Waals surface area contributed by atoms with E-state index >= 15 is 0 Å². The quantitative estimate of drug-likeness (QED) is 0.304. The molecule has 1 heteroatoms. The topological polar surface area (TPSA) is 17.1 Å². The van der Waals surface area contributed by atoms with Gasteiger partial charge in [0.15, 0.2) is 0 Å². The number of hydrogen-bond donors (Lipinski definition) is 0. The lowest BCUT2D eigenvalue weighted by Crippen LogP contribution is -1.95. The van der Waals surface area contributed by atoms with Crippen molar-refractivity contribution in [2.24, 2.45) is 5.92 Å². The normalized spacial score (nSPS) is 12.4. The second kappa shape index (κ2) is 10.2. The lowest BCUT2D eigenvalue weighted by Gasteiger charge is -2.10. The molecule has 108 valence electrons. The zero-order valence-corrected chi connectivity index (χ0v) is 12.6. The maximum absolute atomic E-state index is 10.6. The zero-order valence-electron chi connectivity index (χ0n) is 12.6. The molecule has 0 amide bonds. The van der Waals surface area contributed by atoms with E-state index in [-0.39, 0.29) is 0 Å². The van der Waals surface area contributed by atoms with Gasteiger partial charge in [-0.3, -0.25) is 4.79 Å². The van der Waals surface area contributed by atoms with E-state index in [2.05, 4.69) is 25.7 Å². The van der Waals surface area contributed by atoms with Gasteiger partial charge in [-0.2, -0.15) is 0 Å². The highest BCUT2D eigenvalue weighted by atomic mass is 16.1. The van der Waals surface area contributed by atoms with Gasteiger partial charge in [-0.25, -0.2) is 0 Å². The lowest BCUT2D eigenvalue weighted by molar-refractivity contribution is 0.112. The number of rotatable bonds is 10. The van der Waals surface area contributed by atoms with Crippen molar-refractivity contribution < 1.29 is 4.79 Å². The highest BCUT2D eigenvalue weighted by Gasteiger charge is 2.02. The number of benzene rings is 1. The van der Waals surface area contributed by atoms with Gasteiger partial charge in [-0.1, -0.05) is 75.1 Å². The number of carbonyl (C=O) groups excluding carboxylic acids is 1. The highest BCUT2D eigenvalue weighted by Crippen LogP contribution is 2.18. The fraction of sp³-hybridized carbons (Fsp3) is 0.421. The molecule has 1 unspecified atom stereocenters. The van der Waals surface area contributed by atoms with E-state index in [0.717, 1.165) is 23.8 Å². The minimum Gasteiger partial charge on any atom is -0.298 e. The van der Waals surface area contributed by atoms with Gasteiger partial charge in [0.25, 0.3) is 0 Å². The van der Waals surface area contributed by atoms with E-state index in [1.807, 2.05) is 30.3 Å². The van der Waals surface area contributed by atoms with E-state index in [1.54, 1.807) is 0 Å². The van der Waals surface area contributed by atoms with E-state index in [0.29, 0.717) is 5.92 Å². The fourth-order valence-electron chi connectivity index (χ4n) is 2.27. The molecule has 1 atom stereocenters. The Morgan fingerprint density at radius 3 is 2.40 bits per heavy atom. The monoisotopic (exact) mass is 270 g/mol. The van der Waals surface area contributed by atoms with Crippen molar-refractivity contribution in [3.05, 3.63) is 54.1 Å².